The van der Waals surface area contributed by atoms with Crippen LogP contribution in [0.15, 0.2) is 12.3 Å². The Morgan fingerprint density at radius 3 is 3.14 bits per heavy atom. The maximum absolute atomic E-state index is 11.0. The molecule has 14 heavy (non-hydrogen) atoms. The summed E-state index contributed by atoms with van der Waals surface area (Å²) in [5.41, 5.74) is 5.62. The molecule has 0 aromatic carbocycles. The van der Waals surface area contributed by atoms with Crippen LogP contribution in [0.4, 0.5) is 0 Å². The number of amides is 1. The summed E-state index contributed by atoms with van der Waals surface area (Å²) in [6.07, 6.45) is 4.51. The van der Waals surface area contributed by atoms with E-state index in [9.17, 15) is 4.79 Å². The van der Waals surface area contributed by atoms with E-state index >= 15 is 0 Å². The van der Waals surface area contributed by atoms with Crippen LogP contribution in [0.2, 0.25) is 0 Å². The van der Waals surface area contributed by atoms with E-state index in [1.807, 2.05) is 0 Å². The number of nitrogens with zero attached hydrogens (tertiary/aromatic N) is 2. The van der Waals surface area contributed by atoms with E-state index in [4.69, 9.17) is 10.5 Å². The van der Waals surface area contributed by atoms with Gasteiger partial charge < -0.3 is 10.5 Å². The molecule has 5 heteroatoms. The minimum Gasteiger partial charge on any atom is -0.364 e. The topological polar surface area (TPSA) is 70.1 Å². The van der Waals surface area contributed by atoms with Crippen LogP contribution in [0, 0.1) is 0 Å². The molecule has 0 saturated carbocycles. The molecule has 0 spiro atoms. The molecule has 0 bridgehead atoms. The second-order valence-electron chi connectivity index (χ2n) is 3.35. The molecule has 0 radical (unpaired) electrons. The molecular formula is C9H13N3O2. The summed E-state index contributed by atoms with van der Waals surface area (Å²) in [5, 5.41) is 4.05. The zero-order valence-corrected chi connectivity index (χ0v) is 7.85. The molecule has 2 rings (SSSR count). The van der Waals surface area contributed by atoms with E-state index in [1.165, 1.54) is 0 Å². The summed E-state index contributed by atoms with van der Waals surface area (Å²) in [6, 6.07) is 1.61. The molecule has 1 aliphatic rings. The number of primary amides is 1. The van der Waals surface area contributed by atoms with Gasteiger partial charge in [0.15, 0.2) is 6.23 Å². The van der Waals surface area contributed by atoms with Gasteiger partial charge in [-0.25, -0.2) is 4.68 Å². The van der Waals surface area contributed by atoms with Crippen LogP contribution in [0.1, 0.15) is 36.0 Å². The van der Waals surface area contributed by atoms with Gasteiger partial charge in [-0.15, -0.1) is 0 Å². The van der Waals surface area contributed by atoms with Crippen LogP contribution >= 0.6 is 0 Å². The molecule has 1 amide bonds. The molecule has 2 N–H and O–H groups in total. The summed E-state index contributed by atoms with van der Waals surface area (Å²) in [4.78, 5) is 11.0. The standard InChI is InChI=1S/C9H13N3O2/c10-9(13)7-4-5-11-12(7)8-3-1-2-6-14-8/h4-5,8H,1-3,6H2,(H2,10,13). The summed E-state index contributed by atoms with van der Waals surface area (Å²) >= 11 is 0. The lowest BCUT2D eigenvalue weighted by atomic mass is 10.2. The Hall–Kier alpha value is -1.36. The van der Waals surface area contributed by atoms with Gasteiger partial charge in [0.05, 0.1) is 0 Å². The Morgan fingerprint density at radius 2 is 2.50 bits per heavy atom. The SMILES string of the molecule is NC(=O)c1ccnn1C1CCCCO1. The van der Waals surface area contributed by atoms with Crippen LogP contribution in [-0.4, -0.2) is 22.3 Å². The van der Waals surface area contributed by atoms with Gasteiger partial charge in [-0.2, -0.15) is 5.10 Å². The van der Waals surface area contributed by atoms with Crippen molar-refractivity contribution in [3.8, 4) is 0 Å². The molecule has 1 aliphatic heterocycles. The van der Waals surface area contributed by atoms with Gasteiger partial charge in [-0.05, 0) is 25.3 Å². The zero-order chi connectivity index (χ0) is 9.97. The molecule has 1 fully saturated rings. The van der Waals surface area contributed by atoms with E-state index in [2.05, 4.69) is 5.10 Å². The predicted molar refractivity (Wildman–Crippen MR) is 49.6 cm³/mol. The van der Waals surface area contributed by atoms with Crippen LogP contribution in [-0.2, 0) is 4.74 Å². The average Bonchev–Trinajstić information content (AvgIpc) is 2.67. The Bertz CT molecular complexity index is 329. The van der Waals surface area contributed by atoms with Crippen molar-refractivity contribution in [1.29, 1.82) is 0 Å². The monoisotopic (exact) mass is 195 g/mol. The van der Waals surface area contributed by atoms with Crippen molar-refractivity contribution >= 4 is 5.91 Å². The van der Waals surface area contributed by atoms with Crippen molar-refractivity contribution in [3.63, 3.8) is 0 Å². The minimum absolute atomic E-state index is 0.124. The van der Waals surface area contributed by atoms with Crippen LogP contribution in [0.25, 0.3) is 0 Å². The van der Waals surface area contributed by atoms with E-state index in [1.54, 1.807) is 16.9 Å². The molecular weight excluding hydrogens is 182 g/mol. The quantitative estimate of drug-likeness (QED) is 0.754. The zero-order valence-electron chi connectivity index (χ0n) is 7.85. The van der Waals surface area contributed by atoms with Crippen molar-refractivity contribution in [2.24, 2.45) is 5.73 Å². The molecule has 76 valence electrons. The van der Waals surface area contributed by atoms with Crippen molar-refractivity contribution in [2.45, 2.75) is 25.5 Å². The number of nitrogens with two attached hydrogens (primary N) is 1. The summed E-state index contributed by atoms with van der Waals surface area (Å²) in [6.45, 7) is 0.725. The fraction of sp³-hybridized carbons (Fsp3) is 0.556. The highest BCUT2D eigenvalue weighted by molar-refractivity contribution is 5.90. The Labute approximate surface area is 81.8 Å². The number of carbonyl (C=O) groups excluding carboxylic acids is 1. The summed E-state index contributed by atoms with van der Waals surface area (Å²) < 4.78 is 7.08. The van der Waals surface area contributed by atoms with Crippen LogP contribution < -0.4 is 5.73 Å². The first-order valence-electron chi connectivity index (χ1n) is 4.74. The molecule has 1 saturated heterocycles. The van der Waals surface area contributed by atoms with Gasteiger partial charge in [0.1, 0.15) is 5.69 Å². The highest BCUT2D eigenvalue weighted by Crippen LogP contribution is 2.22. The lowest BCUT2D eigenvalue weighted by Crippen LogP contribution is -2.25. The van der Waals surface area contributed by atoms with Gasteiger partial charge in [0, 0.05) is 12.8 Å². The first-order chi connectivity index (χ1) is 6.79. The minimum atomic E-state index is -0.461. The van der Waals surface area contributed by atoms with Crippen LogP contribution in [0.5, 0.6) is 0 Å². The van der Waals surface area contributed by atoms with Crippen LogP contribution in [0.3, 0.4) is 0 Å². The fourth-order valence-corrected chi connectivity index (χ4v) is 1.66. The van der Waals surface area contributed by atoms with E-state index in [-0.39, 0.29) is 6.23 Å². The summed E-state index contributed by atoms with van der Waals surface area (Å²) in [7, 11) is 0. The Kier molecular flexibility index (Phi) is 2.49. The Balaban J connectivity index is 2.21. The second kappa shape index (κ2) is 3.79. The van der Waals surface area contributed by atoms with Crippen molar-refractivity contribution < 1.29 is 9.53 Å². The molecule has 0 aliphatic carbocycles. The van der Waals surface area contributed by atoms with E-state index in [0.29, 0.717) is 5.69 Å². The molecule has 1 atom stereocenters. The van der Waals surface area contributed by atoms with Crippen molar-refractivity contribution in [3.05, 3.63) is 18.0 Å². The molecule has 5 nitrogen and oxygen atoms in total. The third kappa shape index (κ3) is 1.63. The van der Waals surface area contributed by atoms with Crippen molar-refractivity contribution in [2.75, 3.05) is 6.61 Å². The predicted octanol–water partition coefficient (Wildman–Crippen LogP) is 0.681. The molecule has 1 aromatic heterocycles. The number of ether oxygens (including phenoxy) is 1. The smallest absolute Gasteiger partial charge is 0.267 e. The normalized spacial score (nSPS) is 22.1. The fourth-order valence-electron chi connectivity index (χ4n) is 1.66. The third-order valence-corrected chi connectivity index (χ3v) is 2.35. The van der Waals surface area contributed by atoms with Gasteiger partial charge in [-0.1, -0.05) is 0 Å². The van der Waals surface area contributed by atoms with Gasteiger partial charge in [0.2, 0.25) is 0 Å². The summed E-state index contributed by atoms with van der Waals surface area (Å²) in [5.74, 6) is -0.461. The van der Waals surface area contributed by atoms with E-state index in [0.717, 1.165) is 25.9 Å². The number of aromatic nitrogens is 2. The lowest BCUT2D eigenvalue weighted by molar-refractivity contribution is -0.0405. The maximum Gasteiger partial charge on any atom is 0.267 e. The van der Waals surface area contributed by atoms with E-state index < -0.39 is 5.91 Å². The van der Waals surface area contributed by atoms with Gasteiger partial charge in [-0.3, -0.25) is 4.79 Å². The number of hydrogen-bond acceptors (Lipinski definition) is 3. The molecule has 1 unspecified atom stereocenters. The number of rotatable bonds is 2. The Morgan fingerprint density at radius 1 is 1.64 bits per heavy atom. The first-order valence-corrected chi connectivity index (χ1v) is 4.74. The van der Waals surface area contributed by atoms with Crippen molar-refractivity contribution in [1.82, 2.24) is 9.78 Å². The number of hydrogen-bond donors (Lipinski definition) is 1. The largest absolute Gasteiger partial charge is 0.364 e. The second-order valence-corrected chi connectivity index (χ2v) is 3.35. The average molecular weight is 195 g/mol. The van der Waals surface area contributed by atoms with Gasteiger partial charge in [0.25, 0.3) is 5.91 Å². The highest BCUT2D eigenvalue weighted by atomic mass is 16.5. The van der Waals surface area contributed by atoms with Gasteiger partial charge >= 0.3 is 0 Å². The maximum atomic E-state index is 11.0. The lowest BCUT2D eigenvalue weighted by Gasteiger charge is -2.23. The molecule has 1 aromatic rings. The molecule has 2 heterocycles. The third-order valence-electron chi connectivity index (χ3n) is 2.35. The highest BCUT2D eigenvalue weighted by Gasteiger charge is 2.20. The first kappa shape index (κ1) is 9.21. The number of carbonyl (C=O) groups is 1.